The average Bonchev–Trinajstić information content (AvgIpc) is 2.62. The van der Waals surface area contributed by atoms with Crippen molar-refractivity contribution in [2.75, 3.05) is 18.8 Å². The molecule has 1 atom stereocenters. The summed E-state index contributed by atoms with van der Waals surface area (Å²) in [6, 6.07) is 4.27. The quantitative estimate of drug-likeness (QED) is 0.694. The highest BCUT2D eigenvalue weighted by molar-refractivity contribution is 9.11. The van der Waals surface area contributed by atoms with Crippen LogP contribution in [0.25, 0.3) is 0 Å². The number of nitrogens with zero attached hydrogens (tertiary/aromatic N) is 1. The molecule has 1 saturated heterocycles. The number of rotatable bonds is 1. The number of hydrogen-bond donors (Lipinski definition) is 0. The SMILES string of the molecule is CC(C)(C)OC(=O)N1CCSC(c2ccc(Br)s2)CC1. The summed E-state index contributed by atoms with van der Waals surface area (Å²) in [7, 11) is 0. The van der Waals surface area contributed by atoms with Crippen molar-refractivity contribution in [3.63, 3.8) is 0 Å². The number of thioether (sulfide) groups is 1. The van der Waals surface area contributed by atoms with Crippen LogP contribution in [0.15, 0.2) is 15.9 Å². The minimum Gasteiger partial charge on any atom is -0.444 e. The van der Waals surface area contributed by atoms with Crippen molar-refractivity contribution in [3.8, 4) is 0 Å². The van der Waals surface area contributed by atoms with Gasteiger partial charge in [-0.15, -0.1) is 11.3 Å². The highest BCUT2D eigenvalue weighted by Crippen LogP contribution is 2.39. The number of ether oxygens (including phenoxy) is 1. The van der Waals surface area contributed by atoms with Crippen LogP contribution in [-0.2, 0) is 4.74 Å². The average molecular weight is 378 g/mol. The smallest absolute Gasteiger partial charge is 0.410 e. The first-order valence-corrected chi connectivity index (χ1v) is 9.36. The summed E-state index contributed by atoms with van der Waals surface area (Å²) < 4.78 is 6.62. The molecule has 1 aromatic heterocycles. The molecular weight excluding hydrogens is 358 g/mol. The van der Waals surface area contributed by atoms with Crippen LogP contribution in [0.4, 0.5) is 4.79 Å². The van der Waals surface area contributed by atoms with Gasteiger partial charge in [-0.3, -0.25) is 0 Å². The fraction of sp³-hybridized carbons (Fsp3) is 0.643. The normalized spacial score (nSPS) is 20.6. The zero-order valence-electron chi connectivity index (χ0n) is 12.0. The third kappa shape index (κ3) is 4.67. The van der Waals surface area contributed by atoms with Crippen LogP contribution >= 0.6 is 39.0 Å². The molecule has 2 rings (SSSR count). The van der Waals surface area contributed by atoms with E-state index in [-0.39, 0.29) is 6.09 Å². The van der Waals surface area contributed by atoms with Crippen LogP contribution in [-0.4, -0.2) is 35.4 Å². The molecule has 1 aliphatic heterocycles. The van der Waals surface area contributed by atoms with E-state index in [1.807, 2.05) is 37.4 Å². The molecule has 2 heterocycles. The zero-order chi connectivity index (χ0) is 14.8. The maximum Gasteiger partial charge on any atom is 0.410 e. The molecular formula is C14H20BrNO2S2. The Morgan fingerprint density at radius 1 is 1.40 bits per heavy atom. The molecule has 0 aliphatic carbocycles. The number of amides is 1. The first-order chi connectivity index (χ1) is 9.35. The molecule has 1 fully saturated rings. The van der Waals surface area contributed by atoms with E-state index in [1.165, 1.54) is 8.66 Å². The predicted molar refractivity (Wildman–Crippen MR) is 89.6 cm³/mol. The Kier molecular flexibility index (Phi) is 5.42. The molecule has 0 spiro atoms. The van der Waals surface area contributed by atoms with Gasteiger partial charge in [-0.2, -0.15) is 11.8 Å². The Balaban J connectivity index is 1.94. The second-order valence-electron chi connectivity index (χ2n) is 5.76. The van der Waals surface area contributed by atoms with Gasteiger partial charge >= 0.3 is 6.09 Å². The third-order valence-corrected chi connectivity index (χ3v) is 6.10. The van der Waals surface area contributed by atoms with E-state index in [9.17, 15) is 4.79 Å². The van der Waals surface area contributed by atoms with E-state index >= 15 is 0 Å². The molecule has 112 valence electrons. The maximum absolute atomic E-state index is 12.1. The lowest BCUT2D eigenvalue weighted by molar-refractivity contribution is 0.0263. The Morgan fingerprint density at radius 2 is 2.15 bits per heavy atom. The fourth-order valence-electron chi connectivity index (χ4n) is 2.01. The molecule has 0 N–H and O–H groups in total. The van der Waals surface area contributed by atoms with Crippen LogP contribution < -0.4 is 0 Å². The van der Waals surface area contributed by atoms with Crippen LogP contribution in [0.1, 0.15) is 37.3 Å². The van der Waals surface area contributed by atoms with Gasteiger partial charge in [0.2, 0.25) is 0 Å². The van der Waals surface area contributed by atoms with Gasteiger partial charge in [0.15, 0.2) is 0 Å². The molecule has 0 saturated carbocycles. The number of thiophene rings is 1. The first kappa shape index (κ1) is 16.2. The van der Waals surface area contributed by atoms with Crippen molar-refractivity contribution in [1.29, 1.82) is 0 Å². The van der Waals surface area contributed by atoms with E-state index in [0.717, 1.165) is 25.3 Å². The summed E-state index contributed by atoms with van der Waals surface area (Å²) in [5.41, 5.74) is -0.422. The Bertz CT molecular complexity index is 470. The molecule has 6 heteroatoms. The van der Waals surface area contributed by atoms with Crippen LogP contribution in [0.3, 0.4) is 0 Å². The maximum atomic E-state index is 12.1. The fourth-order valence-corrected chi connectivity index (χ4v) is 4.92. The third-order valence-electron chi connectivity index (χ3n) is 2.90. The Labute approximate surface area is 137 Å². The molecule has 20 heavy (non-hydrogen) atoms. The van der Waals surface area contributed by atoms with Gasteiger partial charge in [0.25, 0.3) is 0 Å². The summed E-state index contributed by atoms with van der Waals surface area (Å²) in [4.78, 5) is 15.3. The lowest BCUT2D eigenvalue weighted by Crippen LogP contribution is -2.38. The lowest BCUT2D eigenvalue weighted by Gasteiger charge is -2.26. The van der Waals surface area contributed by atoms with Crippen molar-refractivity contribution in [2.45, 2.75) is 38.0 Å². The number of carbonyl (C=O) groups excluding carboxylic acids is 1. The van der Waals surface area contributed by atoms with Gasteiger partial charge in [0.1, 0.15) is 5.60 Å². The zero-order valence-corrected chi connectivity index (χ0v) is 15.2. The second-order valence-corrected chi connectivity index (χ2v) is 9.56. The van der Waals surface area contributed by atoms with Gasteiger partial charge < -0.3 is 9.64 Å². The topological polar surface area (TPSA) is 29.5 Å². The number of hydrogen-bond acceptors (Lipinski definition) is 4. The van der Waals surface area contributed by atoms with Crippen LogP contribution in [0.2, 0.25) is 0 Å². The monoisotopic (exact) mass is 377 g/mol. The molecule has 0 aromatic carbocycles. The second kappa shape index (κ2) is 6.71. The largest absolute Gasteiger partial charge is 0.444 e. The highest BCUT2D eigenvalue weighted by Gasteiger charge is 2.26. The molecule has 1 amide bonds. The summed E-state index contributed by atoms with van der Waals surface area (Å²) in [6.07, 6.45) is 0.794. The van der Waals surface area contributed by atoms with E-state index in [0.29, 0.717) is 5.25 Å². The van der Waals surface area contributed by atoms with E-state index in [2.05, 4.69) is 28.1 Å². The molecule has 3 nitrogen and oxygen atoms in total. The lowest BCUT2D eigenvalue weighted by atomic mass is 10.2. The van der Waals surface area contributed by atoms with Crippen molar-refractivity contribution < 1.29 is 9.53 Å². The summed E-state index contributed by atoms with van der Waals surface area (Å²) in [5.74, 6) is 0.958. The Hall–Kier alpha value is -0.200. The highest BCUT2D eigenvalue weighted by atomic mass is 79.9. The Morgan fingerprint density at radius 3 is 2.75 bits per heavy atom. The summed E-state index contributed by atoms with van der Waals surface area (Å²) in [6.45, 7) is 7.25. The van der Waals surface area contributed by atoms with E-state index in [1.54, 1.807) is 11.3 Å². The number of carbonyl (C=O) groups is 1. The number of halogens is 1. The standard InChI is InChI=1S/C14H20BrNO2S2/c1-14(2,3)18-13(17)16-7-6-10(19-9-8-16)11-4-5-12(15)20-11/h4-5,10H,6-9H2,1-3H3. The van der Waals surface area contributed by atoms with E-state index in [4.69, 9.17) is 4.74 Å². The van der Waals surface area contributed by atoms with Crippen molar-refractivity contribution in [2.24, 2.45) is 0 Å². The predicted octanol–water partition coefficient (Wildman–Crippen LogP) is 4.93. The van der Waals surface area contributed by atoms with Crippen molar-refractivity contribution in [3.05, 3.63) is 20.8 Å². The summed E-state index contributed by atoms with van der Waals surface area (Å²) in [5, 5.41) is 0.485. The van der Waals surface area contributed by atoms with Crippen molar-refractivity contribution in [1.82, 2.24) is 4.90 Å². The van der Waals surface area contributed by atoms with Crippen molar-refractivity contribution >= 4 is 45.1 Å². The summed E-state index contributed by atoms with van der Waals surface area (Å²) >= 11 is 7.23. The van der Waals surface area contributed by atoms with Gasteiger partial charge in [0, 0.05) is 29.0 Å². The van der Waals surface area contributed by atoms with Gasteiger partial charge in [-0.1, -0.05) is 0 Å². The molecule has 1 aromatic rings. The van der Waals surface area contributed by atoms with Gasteiger partial charge in [-0.25, -0.2) is 4.79 Å². The minimum atomic E-state index is -0.422. The van der Waals surface area contributed by atoms with Crippen LogP contribution in [0.5, 0.6) is 0 Å². The van der Waals surface area contributed by atoms with Gasteiger partial charge in [0.05, 0.1) is 3.79 Å². The van der Waals surface area contributed by atoms with E-state index < -0.39 is 5.60 Å². The van der Waals surface area contributed by atoms with Gasteiger partial charge in [-0.05, 0) is 55.3 Å². The minimum absolute atomic E-state index is 0.189. The first-order valence-electron chi connectivity index (χ1n) is 6.70. The molecule has 0 radical (unpaired) electrons. The van der Waals surface area contributed by atoms with Crippen LogP contribution in [0, 0.1) is 0 Å². The molecule has 1 unspecified atom stereocenters. The molecule has 0 bridgehead atoms. The molecule has 1 aliphatic rings.